The van der Waals surface area contributed by atoms with Crippen molar-refractivity contribution in [1.82, 2.24) is 9.13 Å². The summed E-state index contributed by atoms with van der Waals surface area (Å²) in [6.45, 7) is 0. The van der Waals surface area contributed by atoms with Crippen LogP contribution in [0, 0.1) is 45.3 Å². The van der Waals surface area contributed by atoms with Crippen molar-refractivity contribution < 1.29 is 13.2 Å². The third-order valence-electron chi connectivity index (χ3n) is 11.5. The molecule has 0 saturated heterocycles. The second-order valence-electron chi connectivity index (χ2n) is 14.9. The Bertz CT molecular complexity index is 3690. The molecule has 0 aliphatic rings. The monoisotopic (exact) mass is 804 g/mol. The molecule has 9 heteroatoms. The highest BCUT2D eigenvalue weighted by Gasteiger charge is 2.32. The van der Waals surface area contributed by atoms with Crippen LogP contribution in [-0.2, 0) is 6.18 Å². The Morgan fingerprint density at radius 2 is 0.919 bits per heavy atom. The fourth-order valence-electron chi connectivity index (χ4n) is 8.80. The maximum absolute atomic E-state index is 14.5. The number of para-hydroxylation sites is 2. The van der Waals surface area contributed by atoms with E-state index in [1.54, 1.807) is 30.3 Å². The molecule has 0 amide bonds. The van der Waals surface area contributed by atoms with Gasteiger partial charge in [0.25, 0.3) is 0 Å². The molecule has 0 N–H and O–H groups in total. The highest BCUT2D eigenvalue weighted by atomic mass is 19.4. The lowest BCUT2D eigenvalue weighted by Crippen LogP contribution is -2.08. The fourth-order valence-corrected chi connectivity index (χ4v) is 8.80. The van der Waals surface area contributed by atoms with Gasteiger partial charge in [-0.15, -0.1) is 0 Å². The zero-order valence-corrected chi connectivity index (χ0v) is 32.4. The minimum Gasteiger partial charge on any atom is -0.308 e. The second-order valence-corrected chi connectivity index (χ2v) is 14.9. The van der Waals surface area contributed by atoms with E-state index in [0.717, 1.165) is 67.0 Å². The summed E-state index contributed by atoms with van der Waals surface area (Å²) >= 11 is 0. The van der Waals surface area contributed by atoms with Gasteiger partial charge in [0.15, 0.2) is 0 Å². The first kappa shape index (κ1) is 37.4. The molecule has 0 unspecified atom stereocenters. The maximum atomic E-state index is 14.5. The van der Waals surface area contributed by atoms with Crippen molar-refractivity contribution in [2.75, 3.05) is 0 Å². The largest absolute Gasteiger partial charge is 0.416 e. The Kier molecular flexibility index (Phi) is 8.70. The van der Waals surface area contributed by atoms with Gasteiger partial charge in [0.1, 0.15) is 11.6 Å². The summed E-state index contributed by atoms with van der Waals surface area (Å²) < 4.78 is 47.4. The number of fused-ring (bicyclic) bond motifs is 6. The summed E-state index contributed by atoms with van der Waals surface area (Å²) in [4.78, 5) is 0. The predicted molar refractivity (Wildman–Crippen MR) is 235 cm³/mol. The zero-order valence-electron chi connectivity index (χ0n) is 32.4. The topological polar surface area (TPSA) is 105 Å². The first-order valence-electron chi connectivity index (χ1n) is 19.5. The Morgan fingerprint density at radius 1 is 0.403 bits per heavy atom. The summed E-state index contributed by atoms with van der Waals surface area (Å²) in [6.07, 6.45) is -4.75. The summed E-state index contributed by atoms with van der Waals surface area (Å²) in [6, 6.07) is 57.5. The van der Waals surface area contributed by atoms with Crippen LogP contribution >= 0.6 is 0 Å². The van der Waals surface area contributed by atoms with E-state index in [2.05, 4.69) is 18.2 Å². The standard InChI is InChI=1S/C53H27F3N6/c54-53(55,56)38-24-32(28-57)23-37(25-38)41-19-22-51(61-47-15-7-5-13-42(47)44-26-33(17-20-49(44)61)39-11-3-1-9-35(39)29-58)46(31-60)52(41)62-48-16-8-6-14-43(48)45-27-34(18-21-50(45)62)40-12-4-2-10-36(40)30-59/h1-27H. The molecule has 0 aliphatic carbocycles. The molecule has 0 saturated carbocycles. The zero-order chi connectivity index (χ0) is 42.7. The van der Waals surface area contributed by atoms with Gasteiger partial charge in [-0.05, 0) is 101 Å². The normalized spacial score (nSPS) is 11.4. The van der Waals surface area contributed by atoms with E-state index >= 15 is 0 Å². The van der Waals surface area contributed by atoms with Gasteiger partial charge in [-0.1, -0.05) is 91.0 Å². The number of aromatic nitrogens is 2. The molecule has 10 rings (SSSR count). The van der Waals surface area contributed by atoms with Crippen LogP contribution in [0.25, 0.3) is 88.4 Å². The van der Waals surface area contributed by atoms with E-state index in [1.807, 2.05) is 130 Å². The van der Waals surface area contributed by atoms with E-state index in [4.69, 9.17) is 0 Å². The smallest absolute Gasteiger partial charge is 0.308 e. The number of halogens is 3. The fraction of sp³-hybridized carbons (Fsp3) is 0.0189. The van der Waals surface area contributed by atoms with Gasteiger partial charge in [0.05, 0.1) is 73.9 Å². The van der Waals surface area contributed by atoms with Crippen LogP contribution in [0.2, 0.25) is 0 Å². The highest BCUT2D eigenvalue weighted by molar-refractivity contribution is 6.13. The molecular weight excluding hydrogens is 778 g/mol. The molecule has 2 aromatic heterocycles. The SMILES string of the molecule is N#Cc1cc(-c2ccc(-n3c4ccccc4c4cc(-c5ccccc5C#N)ccc43)c(C#N)c2-n2c3ccccc3c3cc(-c4ccccc4C#N)ccc32)cc(C(F)(F)F)c1. The quantitative estimate of drug-likeness (QED) is 0.173. The van der Waals surface area contributed by atoms with Crippen LogP contribution in [0.15, 0.2) is 164 Å². The van der Waals surface area contributed by atoms with Gasteiger partial charge in [0, 0.05) is 27.1 Å². The summed E-state index contributed by atoms with van der Waals surface area (Å²) in [5, 5.41) is 44.7. The van der Waals surface area contributed by atoms with E-state index in [1.165, 1.54) is 6.07 Å². The molecule has 0 atom stereocenters. The molecule has 0 fully saturated rings. The van der Waals surface area contributed by atoms with E-state index < -0.39 is 11.7 Å². The first-order chi connectivity index (χ1) is 30.2. The van der Waals surface area contributed by atoms with Crippen molar-refractivity contribution in [1.29, 1.82) is 21.0 Å². The number of hydrogen-bond donors (Lipinski definition) is 0. The molecule has 6 nitrogen and oxygen atoms in total. The number of hydrogen-bond acceptors (Lipinski definition) is 4. The van der Waals surface area contributed by atoms with Crippen LogP contribution in [0.5, 0.6) is 0 Å². The van der Waals surface area contributed by atoms with Crippen LogP contribution in [0.1, 0.15) is 27.8 Å². The summed E-state index contributed by atoms with van der Waals surface area (Å²) in [5.41, 5.74) is 7.38. The van der Waals surface area contributed by atoms with Crippen LogP contribution in [-0.4, -0.2) is 9.13 Å². The molecule has 8 aromatic carbocycles. The molecule has 62 heavy (non-hydrogen) atoms. The Balaban J connectivity index is 1.32. The summed E-state index contributed by atoms with van der Waals surface area (Å²) in [7, 11) is 0. The van der Waals surface area contributed by atoms with E-state index in [0.29, 0.717) is 39.1 Å². The number of nitrogens with zero attached hydrogens (tertiary/aromatic N) is 6. The average Bonchev–Trinajstić information content (AvgIpc) is 3.82. The van der Waals surface area contributed by atoms with E-state index in [9.17, 15) is 34.2 Å². The average molecular weight is 805 g/mol. The Morgan fingerprint density at radius 3 is 1.47 bits per heavy atom. The van der Waals surface area contributed by atoms with Crippen molar-refractivity contribution in [3.05, 3.63) is 192 Å². The van der Waals surface area contributed by atoms with Gasteiger partial charge in [0.2, 0.25) is 0 Å². The third kappa shape index (κ3) is 5.85. The van der Waals surface area contributed by atoms with Crippen molar-refractivity contribution >= 4 is 43.6 Å². The lowest BCUT2D eigenvalue weighted by Gasteiger charge is -2.21. The second kappa shape index (κ2) is 14.4. The molecule has 2 heterocycles. The molecule has 0 bridgehead atoms. The molecule has 290 valence electrons. The molecule has 0 spiro atoms. The van der Waals surface area contributed by atoms with Gasteiger partial charge in [-0.25, -0.2) is 0 Å². The number of benzene rings is 8. The molecule has 0 aliphatic heterocycles. The van der Waals surface area contributed by atoms with Crippen molar-refractivity contribution in [2.45, 2.75) is 6.18 Å². The van der Waals surface area contributed by atoms with Crippen molar-refractivity contribution in [3.63, 3.8) is 0 Å². The van der Waals surface area contributed by atoms with Crippen molar-refractivity contribution in [3.8, 4) is 69.0 Å². The Hall–Kier alpha value is -8.89. The minimum atomic E-state index is -4.75. The lowest BCUT2D eigenvalue weighted by molar-refractivity contribution is -0.137. The minimum absolute atomic E-state index is 0.114. The van der Waals surface area contributed by atoms with Crippen LogP contribution < -0.4 is 0 Å². The van der Waals surface area contributed by atoms with Gasteiger partial charge in [-0.2, -0.15) is 34.2 Å². The Labute approximate surface area is 352 Å². The third-order valence-corrected chi connectivity index (χ3v) is 11.5. The van der Waals surface area contributed by atoms with E-state index in [-0.39, 0.29) is 16.7 Å². The highest BCUT2D eigenvalue weighted by Crippen LogP contribution is 2.44. The number of rotatable bonds is 5. The van der Waals surface area contributed by atoms with Crippen LogP contribution in [0.4, 0.5) is 13.2 Å². The predicted octanol–water partition coefficient (Wildman–Crippen LogP) is 13.4. The van der Waals surface area contributed by atoms with Crippen LogP contribution in [0.3, 0.4) is 0 Å². The molecular formula is C53H27F3N6. The lowest BCUT2D eigenvalue weighted by atomic mass is 9.95. The molecule has 0 radical (unpaired) electrons. The first-order valence-corrected chi connectivity index (χ1v) is 19.5. The number of alkyl halides is 3. The van der Waals surface area contributed by atoms with Gasteiger partial charge >= 0.3 is 6.18 Å². The van der Waals surface area contributed by atoms with Gasteiger partial charge < -0.3 is 9.13 Å². The van der Waals surface area contributed by atoms with Crippen molar-refractivity contribution in [2.24, 2.45) is 0 Å². The number of nitriles is 4. The summed E-state index contributed by atoms with van der Waals surface area (Å²) in [5.74, 6) is 0. The van der Waals surface area contributed by atoms with Gasteiger partial charge in [-0.3, -0.25) is 0 Å². The maximum Gasteiger partial charge on any atom is 0.416 e. The molecule has 10 aromatic rings.